The third kappa shape index (κ3) is 3.93. The van der Waals surface area contributed by atoms with Gasteiger partial charge in [-0.05, 0) is 24.6 Å². The Kier molecular flexibility index (Phi) is 4.82. The van der Waals surface area contributed by atoms with Gasteiger partial charge in [0.1, 0.15) is 0 Å². The number of nitrogens with two attached hydrogens (primary N) is 1. The average Bonchev–Trinajstić information content (AvgIpc) is 2.84. The fourth-order valence-corrected chi connectivity index (χ4v) is 2.85. The van der Waals surface area contributed by atoms with Gasteiger partial charge in [0.2, 0.25) is 0 Å². The van der Waals surface area contributed by atoms with Crippen molar-refractivity contribution in [3.05, 3.63) is 42.0 Å². The summed E-state index contributed by atoms with van der Waals surface area (Å²) >= 11 is 1.41. The van der Waals surface area contributed by atoms with Gasteiger partial charge in [-0.3, -0.25) is 0 Å². The van der Waals surface area contributed by atoms with Gasteiger partial charge in [-0.25, -0.2) is 4.98 Å². The lowest BCUT2D eigenvalue weighted by molar-refractivity contribution is -0.137. The van der Waals surface area contributed by atoms with Crippen molar-refractivity contribution in [3.8, 4) is 0 Å². The molecule has 0 aliphatic heterocycles. The molecule has 0 bridgehead atoms. The molecular formula is C14H16F3N3S. The number of benzene rings is 1. The van der Waals surface area contributed by atoms with Gasteiger partial charge in [-0.1, -0.05) is 6.92 Å². The van der Waals surface area contributed by atoms with E-state index in [1.54, 1.807) is 12.5 Å². The first kappa shape index (κ1) is 15.8. The predicted molar refractivity (Wildman–Crippen MR) is 77.9 cm³/mol. The minimum Gasteiger partial charge on any atom is -0.398 e. The van der Waals surface area contributed by atoms with E-state index in [0.29, 0.717) is 10.6 Å². The highest BCUT2D eigenvalue weighted by atomic mass is 32.2. The number of nitrogen functional groups attached to an aromatic ring is 1. The third-order valence-electron chi connectivity index (χ3n) is 2.98. The Morgan fingerprint density at radius 1 is 1.33 bits per heavy atom. The van der Waals surface area contributed by atoms with E-state index in [1.807, 2.05) is 4.57 Å². The molecule has 7 heteroatoms. The zero-order chi connectivity index (χ0) is 15.5. The summed E-state index contributed by atoms with van der Waals surface area (Å²) < 4.78 is 39.8. The van der Waals surface area contributed by atoms with Gasteiger partial charge in [-0.15, -0.1) is 11.8 Å². The van der Waals surface area contributed by atoms with Gasteiger partial charge in [0.25, 0.3) is 0 Å². The van der Waals surface area contributed by atoms with Crippen LogP contribution in [-0.4, -0.2) is 9.55 Å². The molecule has 0 unspecified atom stereocenters. The number of imidazole rings is 1. The second-order valence-electron chi connectivity index (χ2n) is 4.62. The normalized spacial score (nSPS) is 11.8. The molecule has 0 amide bonds. The highest BCUT2D eigenvalue weighted by Crippen LogP contribution is 2.35. The van der Waals surface area contributed by atoms with Crippen molar-refractivity contribution < 1.29 is 13.2 Å². The van der Waals surface area contributed by atoms with Crippen molar-refractivity contribution in [1.29, 1.82) is 0 Å². The van der Waals surface area contributed by atoms with Crippen LogP contribution in [0.1, 0.15) is 24.6 Å². The molecule has 0 saturated heterocycles. The van der Waals surface area contributed by atoms with Crippen LogP contribution >= 0.6 is 11.8 Å². The van der Waals surface area contributed by atoms with E-state index in [-0.39, 0.29) is 5.69 Å². The third-order valence-corrected chi connectivity index (χ3v) is 4.10. The smallest absolute Gasteiger partial charge is 0.398 e. The van der Waals surface area contributed by atoms with Gasteiger partial charge >= 0.3 is 6.18 Å². The quantitative estimate of drug-likeness (QED) is 0.665. The minimum atomic E-state index is -4.36. The number of aromatic nitrogens is 2. The first-order chi connectivity index (χ1) is 9.91. The first-order valence-electron chi connectivity index (χ1n) is 6.50. The molecule has 2 aromatic rings. The van der Waals surface area contributed by atoms with Gasteiger partial charge in [0.05, 0.1) is 11.9 Å². The minimum absolute atomic E-state index is 0.149. The van der Waals surface area contributed by atoms with Gasteiger partial charge in [-0.2, -0.15) is 13.2 Å². The number of halogens is 3. The number of anilines is 1. The van der Waals surface area contributed by atoms with E-state index >= 15 is 0 Å². The van der Waals surface area contributed by atoms with E-state index in [4.69, 9.17) is 5.73 Å². The Labute approximate surface area is 125 Å². The lowest BCUT2D eigenvalue weighted by atomic mass is 10.2. The second-order valence-corrected chi connectivity index (χ2v) is 5.63. The van der Waals surface area contributed by atoms with Crippen molar-refractivity contribution in [3.63, 3.8) is 0 Å². The summed E-state index contributed by atoms with van der Waals surface area (Å²) in [4.78, 5) is 4.74. The van der Waals surface area contributed by atoms with E-state index in [0.717, 1.165) is 30.8 Å². The van der Waals surface area contributed by atoms with Crippen LogP contribution in [0.15, 0.2) is 35.6 Å². The van der Waals surface area contributed by atoms with E-state index in [2.05, 4.69) is 11.9 Å². The predicted octanol–water partition coefficient (Wildman–Crippen LogP) is 4.19. The van der Waals surface area contributed by atoms with Crippen LogP contribution in [0.2, 0.25) is 0 Å². The molecule has 0 spiro atoms. The Morgan fingerprint density at radius 2 is 2.10 bits per heavy atom. The number of thioether (sulfide) groups is 1. The molecule has 0 saturated carbocycles. The Hall–Kier alpha value is -1.63. The number of nitrogens with zero attached hydrogens (tertiary/aromatic N) is 2. The van der Waals surface area contributed by atoms with Crippen LogP contribution in [0.4, 0.5) is 18.9 Å². The van der Waals surface area contributed by atoms with E-state index in [9.17, 15) is 13.2 Å². The van der Waals surface area contributed by atoms with Crippen LogP contribution in [0.3, 0.4) is 0 Å². The Morgan fingerprint density at radius 3 is 2.71 bits per heavy atom. The maximum atomic E-state index is 12.6. The Balaban J connectivity index is 2.08. The molecule has 1 aromatic carbocycles. The standard InChI is InChI=1S/C14H16F3N3S/c1-2-5-20-9-19-7-11(20)8-21-13-4-3-10(6-12(13)18)14(15,16)17/h3-4,6-7,9H,2,5,8,18H2,1H3. The summed E-state index contributed by atoms with van der Waals surface area (Å²) in [5.74, 6) is 0.621. The number of hydrogen-bond acceptors (Lipinski definition) is 3. The van der Waals surface area contributed by atoms with Gasteiger partial charge in [0.15, 0.2) is 0 Å². The monoisotopic (exact) mass is 315 g/mol. The molecule has 21 heavy (non-hydrogen) atoms. The van der Waals surface area contributed by atoms with Crippen LogP contribution in [0, 0.1) is 0 Å². The lowest BCUT2D eigenvalue weighted by Gasteiger charge is -2.11. The molecule has 0 aliphatic rings. The largest absolute Gasteiger partial charge is 0.416 e. The van der Waals surface area contributed by atoms with Crippen LogP contribution < -0.4 is 5.73 Å². The molecule has 2 rings (SSSR count). The summed E-state index contributed by atoms with van der Waals surface area (Å²) in [6.45, 7) is 2.95. The maximum Gasteiger partial charge on any atom is 0.416 e. The average molecular weight is 315 g/mol. The molecule has 114 valence electrons. The van der Waals surface area contributed by atoms with Crippen molar-refractivity contribution in [1.82, 2.24) is 9.55 Å². The SMILES string of the molecule is CCCn1cncc1CSc1ccc(C(F)(F)F)cc1N. The van der Waals surface area contributed by atoms with Crippen molar-refractivity contribution in [2.75, 3.05) is 5.73 Å². The molecule has 0 fully saturated rings. The molecule has 2 N–H and O–H groups in total. The lowest BCUT2D eigenvalue weighted by Crippen LogP contribution is -2.06. The highest BCUT2D eigenvalue weighted by molar-refractivity contribution is 7.98. The number of rotatable bonds is 5. The second kappa shape index (κ2) is 6.43. The summed E-state index contributed by atoms with van der Waals surface area (Å²) in [6, 6.07) is 3.46. The molecule has 1 aromatic heterocycles. The van der Waals surface area contributed by atoms with Crippen molar-refractivity contribution >= 4 is 17.4 Å². The van der Waals surface area contributed by atoms with E-state index < -0.39 is 11.7 Å². The highest BCUT2D eigenvalue weighted by Gasteiger charge is 2.30. The topological polar surface area (TPSA) is 43.8 Å². The van der Waals surface area contributed by atoms with Gasteiger partial charge < -0.3 is 10.3 Å². The van der Waals surface area contributed by atoms with Crippen LogP contribution in [0.25, 0.3) is 0 Å². The Bertz CT molecular complexity index is 608. The molecule has 0 radical (unpaired) electrons. The number of aryl methyl sites for hydroxylation is 1. The molecule has 0 aliphatic carbocycles. The first-order valence-corrected chi connectivity index (χ1v) is 7.49. The number of hydrogen-bond donors (Lipinski definition) is 1. The maximum absolute atomic E-state index is 12.6. The molecule has 3 nitrogen and oxygen atoms in total. The molecular weight excluding hydrogens is 299 g/mol. The fourth-order valence-electron chi connectivity index (χ4n) is 1.92. The van der Waals surface area contributed by atoms with Crippen molar-refractivity contribution in [2.24, 2.45) is 0 Å². The van der Waals surface area contributed by atoms with Gasteiger partial charge in [0, 0.05) is 34.8 Å². The zero-order valence-electron chi connectivity index (χ0n) is 11.5. The fraction of sp³-hybridized carbons (Fsp3) is 0.357. The zero-order valence-corrected chi connectivity index (χ0v) is 12.3. The summed E-state index contributed by atoms with van der Waals surface area (Å²) in [7, 11) is 0. The van der Waals surface area contributed by atoms with Crippen molar-refractivity contribution in [2.45, 2.75) is 36.7 Å². The molecule has 0 atom stereocenters. The van der Waals surface area contributed by atoms with Crippen LogP contribution in [-0.2, 0) is 18.5 Å². The van der Waals surface area contributed by atoms with E-state index in [1.165, 1.54) is 17.8 Å². The summed E-state index contributed by atoms with van der Waals surface area (Å²) in [5, 5.41) is 0. The summed E-state index contributed by atoms with van der Waals surface area (Å²) in [6.07, 6.45) is 0.159. The van der Waals surface area contributed by atoms with Crippen LogP contribution in [0.5, 0.6) is 0 Å². The molecule has 1 heterocycles. The summed E-state index contributed by atoms with van der Waals surface area (Å²) in [5.41, 5.74) is 6.17. The number of alkyl halides is 3.